The molecule has 0 bridgehead atoms. The van der Waals surface area contributed by atoms with Crippen LogP contribution in [0.4, 0.5) is 0 Å². The zero-order chi connectivity index (χ0) is 15.3. The average molecular weight is 288 g/mol. The number of aliphatic hydroxyl groups is 1. The minimum atomic E-state index is -0.488. The summed E-state index contributed by atoms with van der Waals surface area (Å²) in [6, 6.07) is 10.0. The SMILES string of the molecule is Cc1ccc2cccc(OCCCCC(C)(N)CO)c2n1. The van der Waals surface area contributed by atoms with Crippen LogP contribution in [0.15, 0.2) is 30.3 Å². The summed E-state index contributed by atoms with van der Waals surface area (Å²) >= 11 is 0. The summed E-state index contributed by atoms with van der Waals surface area (Å²) in [6.07, 6.45) is 2.64. The van der Waals surface area contributed by atoms with Gasteiger partial charge < -0.3 is 15.6 Å². The summed E-state index contributed by atoms with van der Waals surface area (Å²) < 4.78 is 5.86. The Hall–Kier alpha value is -1.65. The van der Waals surface area contributed by atoms with Crippen LogP contribution in [-0.4, -0.2) is 28.8 Å². The molecular weight excluding hydrogens is 264 g/mol. The lowest BCUT2D eigenvalue weighted by molar-refractivity contribution is 0.194. The average Bonchev–Trinajstić information content (AvgIpc) is 2.47. The highest BCUT2D eigenvalue weighted by molar-refractivity contribution is 5.84. The van der Waals surface area contributed by atoms with Crippen molar-refractivity contribution in [1.82, 2.24) is 4.98 Å². The summed E-state index contributed by atoms with van der Waals surface area (Å²) in [7, 11) is 0. The molecule has 3 N–H and O–H groups in total. The van der Waals surface area contributed by atoms with E-state index in [9.17, 15) is 0 Å². The first-order chi connectivity index (χ1) is 10.0. The van der Waals surface area contributed by atoms with Crippen molar-refractivity contribution in [1.29, 1.82) is 0 Å². The molecule has 2 rings (SSSR count). The van der Waals surface area contributed by atoms with Gasteiger partial charge in [-0.15, -0.1) is 0 Å². The van der Waals surface area contributed by atoms with E-state index in [0.29, 0.717) is 6.61 Å². The fraction of sp³-hybridized carbons (Fsp3) is 0.471. The highest BCUT2D eigenvalue weighted by Crippen LogP contribution is 2.24. The molecule has 4 heteroatoms. The number of hydrogen-bond donors (Lipinski definition) is 2. The summed E-state index contributed by atoms with van der Waals surface area (Å²) in [5, 5.41) is 10.2. The number of nitrogens with zero attached hydrogens (tertiary/aromatic N) is 1. The third-order valence-corrected chi connectivity index (χ3v) is 3.58. The van der Waals surface area contributed by atoms with Gasteiger partial charge in [0, 0.05) is 16.6 Å². The van der Waals surface area contributed by atoms with E-state index in [2.05, 4.69) is 11.1 Å². The first kappa shape index (κ1) is 15.7. The first-order valence-corrected chi connectivity index (χ1v) is 7.41. The maximum Gasteiger partial charge on any atom is 0.145 e. The normalized spacial score (nSPS) is 14.1. The van der Waals surface area contributed by atoms with Gasteiger partial charge in [-0.05, 0) is 45.2 Å². The second-order valence-corrected chi connectivity index (χ2v) is 5.90. The van der Waals surface area contributed by atoms with E-state index in [4.69, 9.17) is 15.6 Å². The molecule has 0 spiro atoms. The zero-order valence-electron chi connectivity index (χ0n) is 12.8. The molecule has 1 unspecified atom stereocenters. The van der Waals surface area contributed by atoms with Crippen LogP contribution in [-0.2, 0) is 0 Å². The molecule has 0 aliphatic rings. The number of aryl methyl sites for hydroxylation is 1. The largest absolute Gasteiger partial charge is 0.491 e. The molecule has 0 aliphatic heterocycles. The summed E-state index contributed by atoms with van der Waals surface area (Å²) in [5.41, 5.74) is 7.31. The zero-order valence-corrected chi connectivity index (χ0v) is 12.8. The molecule has 0 amide bonds. The van der Waals surface area contributed by atoms with Gasteiger partial charge in [0.2, 0.25) is 0 Å². The van der Waals surface area contributed by atoms with Gasteiger partial charge in [-0.25, -0.2) is 4.98 Å². The lowest BCUT2D eigenvalue weighted by atomic mass is 9.97. The number of aromatic nitrogens is 1. The van der Waals surface area contributed by atoms with Crippen LogP contribution in [0.5, 0.6) is 5.75 Å². The lowest BCUT2D eigenvalue weighted by Gasteiger charge is -2.21. The van der Waals surface area contributed by atoms with Crippen LogP contribution in [0.2, 0.25) is 0 Å². The van der Waals surface area contributed by atoms with E-state index >= 15 is 0 Å². The van der Waals surface area contributed by atoms with Crippen molar-refractivity contribution in [2.75, 3.05) is 13.2 Å². The Morgan fingerprint density at radius 1 is 1.24 bits per heavy atom. The number of rotatable bonds is 7. The van der Waals surface area contributed by atoms with Gasteiger partial charge in [-0.2, -0.15) is 0 Å². The van der Waals surface area contributed by atoms with Gasteiger partial charge in [0.25, 0.3) is 0 Å². The van der Waals surface area contributed by atoms with E-state index < -0.39 is 5.54 Å². The number of hydrogen-bond acceptors (Lipinski definition) is 4. The molecule has 0 aliphatic carbocycles. The molecule has 4 nitrogen and oxygen atoms in total. The van der Waals surface area contributed by atoms with Crippen LogP contribution in [0.1, 0.15) is 31.9 Å². The number of ether oxygens (including phenoxy) is 1. The smallest absolute Gasteiger partial charge is 0.145 e. The van der Waals surface area contributed by atoms with Crippen LogP contribution in [0.25, 0.3) is 10.9 Å². The second-order valence-electron chi connectivity index (χ2n) is 5.90. The molecule has 0 fully saturated rings. The summed E-state index contributed by atoms with van der Waals surface area (Å²) in [5.74, 6) is 0.828. The summed E-state index contributed by atoms with van der Waals surface area (Å²) in [4.78, 5) is 4.55. The molecule has 2 aromatic rings. The van der Waals surface area contributed by atoms with Gasteiger partial charge in [-0.3, -0.25) is 0 Å². The number of unbranched alkanes of at least 4 members (excludes halogenated alkanes) is 1. The quantitative estimate of drug-likeness (QED) is 0.769. The van der Waals surface area contributed by atoms with Gasteiger partial charge in [0.05, 0.1) is 13.2 Å². The lowest BCUT2D eigenvalue weighted by Crippen LogP contribution is -2.39. The molecule has 114 valence electrons. The Kier molecular flexibility index (Phi) is 5.15. The van der Waals surface area contributed by atoms with E-state index in [-0.39, 0.29) is 6.61 Å². The van der Waals surface area contributed by atoms with E-state index in [1.807, 2.05) is 38.1 Å². The van der Waals surface area contributed by atoms with Crippen LogP contribution < -0.4 is 10.5 Å². The van der Waals surface area contributed by atoms with Crippen molar-refractivity contribution >= 4 is 10.9 Å². The van der Waals surface area contributed by atoms with Crippen molar-refractivity contribution in [2.45, 2.75) is 38.6 Å². The maximum absolute atomic E-state index is 9.11. The van der Waals surface area contributed by atoms with Crippen molar-refractivity contribution in [3.8, 4) is 5.75 Å². The number of nitrogens with two attached hydrogens (primary N) is 1. The standard InChI is InChI=1S/C17H24N2O2/c1-13-8-9-14-6-5-7-15(16(14)19-13)21-11-4-3-10-17(2,18)12-20/h5-9,20H,3-4,10-12,18H2,1-2H3. The number of pyridine rings is 1. The third-order valence-electron chi connectivity index (χ3n) is 3.58. The van der Waals surface area contributed by atoms with Crippen molar-refractivity contribution in [2.24, 2.45) is 5.73 Å². The highest BCUT2D eigenvalue weighted by Gasteiger charge is 2.15. The second kappa shape index (κ2) is 6.87. The highest BCUT2D eigenvalue weighted by atomic mass is 16.5. The van der Waals surface area contributed by atoms with Crippen LogP contribution in [0, 0.1) is 6.92 Å². The van der Waals surface area contributed by atoms with Crippen LogP contribution >= 0.6 is 0 Å². The Morgan fingerprint density at radius 2 is 2.05 bits per heavy atom. The molecule has 0 saturated heterocycles. The Morgan fingerprint density at radius 3 is 2.81 bits per heavy atom. The van der Waals surface area contributed by atoms with Gasteiger partial charge in [0.1, 0.15) is 11.3 Å². The number of fused-ring (bicyclic) bond motifs is 1. The molecule has 1 atom stereocenters. The predicted molar refractivity (Wildman–Crippen MR) is 85.5 cm³/mol. The van der Waals surface area contributed by atoms with Crippen molar-refractivity contribution < 1.29 is 9.84 Å². The molecule has 1 aromatic heterocycles. The molecule has 21 heavy (non-hydrogen) atoms. The molecule has 1 heterocycles. The fourth-order valence-corrected chi connectivity index (χ4v) is 2.23. The van der Waals surface area contributed by atoms with Gasteiger partial charge >= 0.3 is 0 Å². The summed E-state index contributed by atoms with van der Waals surface area (Å²) in [6.45, 7) is 4.50. The molecule has 0 saturated carbocycles. The minimum absolute atomic E-state index is 0.0143. The Labute approximate surface area is 125 Å². The first-order valence-electron chi connectivity index (χ1n) is 7.41. The maximum atomic E-state index is 9.11. The topological polar surface area (TPSA) is 68.4 Å². The monoisotopic (exact) mass is 288 g/mol. The van der Waals surface area contributed by atoms with Crippen LogP contribution in [0.3, 0.4) is 0 Å². The van der Waals surface area contributed by atoms with E-state index in [0.717, 1.165) is 41.6 Å². The van der Waals surface area contributed by atoms with E-state index in [1.165, 1.54) is 0 Å². The minimum Gasteiger partial charge on any atom is -0.491 e. The van der Waals surface area contributed by atoms with Crippen molar-refractivity contribution in [3.63, 3.8) is 0 Å². The fourth-order valence-electron chi connectivity index (χ4n) is 2.23. The molecule has 1 aromatic carbocycles. The Bertz CT molecular complexity index is 596. The van der Waals surface area contributed by atoms with Gasteiger partial charge in [-0.1, -0.05) is 18.2 Å². The van der Waals surface area contributed by atoms with Gasteiger partial charge in [0.15, 0.2) is 0 Å². The third kappa shape index (κ3) is 4.41. The molecular formula is C17H24N2O2. The number of aliphatic hydroxyl groups excluding tert-OH is 1. The number of para-hydroxylation sites is 1. The Balaban J connectivity index is 1.91. The van der Waals surface area contributed by atoms with E-state index in [1.54, 1.807) is 0 Å². The number of benzene rings is 1. The van der Waals surface area contributed by atoms with Crippen molar-refractivity contribution in [3.05, 3.63) is 36.0 Å². The molecule has 0 radical (unpaired) electrons. The predicted octanol–water partition coefficient (Wildman–Crippen LogP) is 2.80.